The van der Waals surface area contributed by atoms with Crippen LogP contribution in [0.3, 0.4) is 0 Å². The Morgan fingerprint density at radius 2 is 1.91 bits per heavy atom. The molecule has 1 saturated carbocycles. The molecule has 1 nitrogen and oxygen atoms in total. The summed E-state index contributed by atoms with van der Waals surface area (Å²) in [5, 5.41) is 0. The second-order valence-corrected chi connectivity index (χ2v) is 5.04. The van der Waals surface area contributed by atoms with Gasteiger partial charge in [-0.05, 0) is 24.8 Å². The van der Waals surface area contributed by atoms with Crippen molar-refractivity contribution in [3.8, 4) is 0 Å². The molecule has 0 saturated heterocycles. The predicted molar refractivity (Wildman–Crippen MR) is 49.7 cm³/mol. The molecule has 11 heavy (non-hydrogen) atoms. The molecule has 0 bridgehead atoms. The van der Waals surface area contributed by atoms with Crippen LogP contribution in [0.1, 0.15) is 34.1 Å². The predicted octanol–water partition coefficient (Wildman–Crippen LogP) is 2.37. The van der Waals surface area contributed by atoms with Gasteiger partial charge in [0.1, 0.15) is 0 Å². The van der Waals surface area contributed by atoms with Crippen molar-refractivity contribution in [2.75, 3.05) is 13.6 Å². The lowest BCUT2D eigenvalue weighted by atomic mass is 10.1. The zero-order valence-corrected chi connectivity index (χ0v) is 8.52. The molecular weight excluding hydrogens is 134 g/mol. The van der Waals surface area contributed by atoms with Crippen molar-refractivity contribution in [3.05, 3.63) is 0 Å². The Hall–Kier alpha value is -0.0400. The Balaban J connectivity index is 2.28. The quantitative estimate of drug-likeness (QED) is 0.605. The van der Waals surface area contributed by atoms with Gasteiger partial charge in [0.25, 0.3) is 0 Å². The van der Waals surface area contributed by atoms with Crippen LogP contribution in [0.5, 0.6) is 0 Å². The van der Waals surface area contributed by atoms with Crippen LogP contribution < -0.4 is 0 Å². The summed E-state index contributed by atoms with van der Waals surface area (Å²) in [4.78, 5) is 2.50. The summed E-state index contributed by atoms with van der Waals surface area (Å²) in [6.07, 6.45) is 1.39. The van der Waals surface area contributed by atoms with Gasteiger partial charge >= 0.3 is 0 Å². The van der Waals surface area contributed by atoms with E-state index in [1.54, 1.807) is 0 Å². The summed E-state index contributed by atoms with van der Waals surface area (Å²) in [5.74, 6) is 0.802. The van der Waals surface area contributed by atoms with E-state index in [2.05, 4.69) is 39.6 Å². The Labute approximate surface area is 70.8 Å². The van der Waals surface area contributed by atoms with Crippen molar-refractivity contribution in [1.82, 2.24) is 4.90 Å². The van der Waals surface area contributed by atoms with Crippen LogP contribution in [0.15, 0.2) is 0 Å². The Kier molecular flexibility index (Phi) is 2.29. The molecule has 0 radical (unpaired) electrons. The second kappa shape index (κ2) is 2.78. The van der Waals surface area contributed by atoms with Gasteiger partial charge in [-0.25, -0.2) is 0 Å². The van der Waals surface area contributed by atoms with Crippen LogP contribution in [-0.4, -0.2) is 24.5 Å². The van der Waals surface area contributed by atoms with Gasteiger partial charge in [0.15, 0.2) is 0 Å². The van der Waals surface area contributed by atoms with Gasteiger partial charge < -0.3 is 4.90 Å². The van der Waals surface area contributed by atoms with Gasteiger partial charge in [-0.2, -0.15) is 0 Å². The van der Waals surface area contributed by atoms with Crippen LogP contribution in [0.2, 0.25) is 0 Å². The molecule has 1 heteroatoms. The summed E-state index contributed by atoms with van der Waals surface area (Å²) in [6.45, 7) is 10.5. The third-order valence-electron chi connectivity index (χ3n) is 2.65. The molecular formula is C10H21N. The lowest BCUT2D eigenvalue weighted by molar-refractivity contribution is 0.257. The normalized spacial score (nSPS) is 28.1. The fraction of sp³-hybridized carbons (Fsp3) is 1.00. The van der Waals surface area contributed by atoms with Gasteiger partial charge in [0.2, 0.25) is 0 Å². The first-order valence-electron chi connectivity index (χ1n) is 4.64. The van der Waals surface area contributed by atoms with E-state index in [-0.39, 0.29) is 0 Å². The summed E-state index contributed by atoms with van der Waals surface area (Å²) in [6, 6.07) is 0.852. The third-order valence-corrected chi connectivity index (χ3v) is 2.65. The standard InChI is InChI=1S/C10H21N/c1-8(2)7-11(5)9-6-10(9,3)4/h8-9H,6-7H2,1-5H3. The highest BCUT2D eigenvalue weighted by Crippen LogP contribution is 2.47. The van der Waals surface area contributed by atoms with Gasteiger partial charge in [-0.15, -0.1) is 0 Å². The van der Waals surface area contributed by atoms with E-state index in [9.17, 15) is 0 Å². The highest BCUT2D eigenvalue weighted by atomic mass is 15.2. The minimum atomic E-state index is 0.601. The van der Waals surface area contributed by atoms with E-state index >= 15 is 0 Å². The first-order chi connectivity index (χ1) is 4.93. The van der Waals surface area contributed by atoms with Crippen molar-refractivity contribution >= 4 is 0 Å². The molecule has 1 fully saturated rings. The topological polar surface area (TPSA) is 3.24 Å². The molecule has 0 aliphatic heterocycles. The molecule has 1 aliphatic carbocycles. The maximum absolute atomic E-state index is 2.50. The van der Waals surface area contributed by atoms with Crippen LogP contribution in [0.4, 0.5) is 0 Å². The summed E-state index contributed by atoms with van der Waals surface area (Å²) < 4.78 is 0. The van der Waals surface area contributed by atoms with Crippen molar-refractivity contribution < 1.29 is 0 Å². The first kappa shape index (κ1) is 9.05. The Morgan fingerprint density at radius 3 is 2.18 bits per heavy atom. The monoisotopic (exact) mass is 155 g/mol. The number of rotatable bonds is 3. The van der Waals surface area contributed by atoms with Gasteiger partial charge in [-0.1, -0.05) is 27.7 Å². The molecule has 0 heterocycles. The first-order valence-corrected chi connectivity index (χ1v) is 4.64. The lowest BCUT2D eigenvalue weighted by Gasteiger charge is -2.20. The SMILES string of the molecule is CC(C)CN(C)C1CC1(C)C. The van der Waals surface area contributed by atoms with Crippen LogP contribution in [0, 0.1) is 11.3 Å². The second-order valence-electron chi connectivity index (χ2n) is 5.04. The number of nitrogens with zero attached hydrogens (tertiary/aromatic N) is 1. The fourth-order valence-corrected chi connectivity index (χ4v) is 1.90. The maximum atomic E-state index is 2.50. The van der Waals surface area contributed by atoms with Gasteiger partial charge in [-0.3, -0.25) is 0 Å². The van der Waals surface area contributed by atoms with E-state index in [1.807, 2.05) is 0 Å². The molecule has 0 spiro atoms. The average molecular weight is 155 g/mol. The smallest absolute Gasteiger partial charge is 0.0150 e. The number of hydrogen-bond acceptors (Lipinski definition) is 1. The molecule has 1 unspecified atom stereocenters. The minimum Gasteiger partial charge on any atom is -0.303 e. The van der Waals surface area contributed by atoms with Crippen LogP contribution >= 0.6 is 0 Å². The van der Waals surface area contributed by atoms with Crippen molar-refractivity contribution in [1.29, 1.82) is 0 Å². The minimum absolute atomic E-state index is 0.601. The lowest BCUT2D eigenvalue weighted by Crippen LogP contribution is -2.28. The van der Waals surface area contributed by atoms with Crippen molar-refractivity contribution in [3.63, 3.8) is 0 Å². The van der Waals surface area contributed by atoms with Crippen molar-refractivity contribution in [2.24, 2.45) is 11.3 Å². The Bertz CT molecular complexity index is 138. The Morgan fingerprint density at radius 1 is 1.45 bits per heavy atom. The van der Waals surface area contributed by atoms with Gasteiger partial charge in [0, 0.05) is 12.6 Å². The highest BCUT2D eigenvalue weighted by Gasteiger charge is 2.47. The van der Waals surface area contributed by atoms with Crippen LogP contribution in [0.25, 0.3) is 0 Å². The number of hydrogen-bond donors (Lipinski definition) is 0. The summed E-state index contributed by atoms with van der Waals surface area (Å²) >= 11 is 0. The maximum Gasteiger partial charge on any atom is 0.0150 e. The largest absolute Gasteiger partial charge is 0.303 e. The molecule has 1 rings (SSSR count). The van der Waals surface area contributed by atoms with E-state index in [0.29, 0.717) is 5.41 Å². The summed E-state index contributed by atoms with van der Waals surface area (Å²) in [7, 11) is 2.25. The van der Waals surface area contributed by atoms with E-state index in [4.69, 9.17) is 0 Å². The molecule has 0 aromatic heterocycles. The molecule has 0 amide bonds. The molecule has 0 aromatic rings. The van der Waals surface area contributed by atoms with E-state index in [1.165, 1.54) is 13.0 Å². The highest BCUT2D eigenvalue weighted by molar-refractivity contribution is 5.02. The van der Waals surface area contributed by atoms with Crippen molar-refractivity contribution in [2.45, 2.75) is 40.2 Å². The molecule has 1 aliphatic rings. The summed E-state index contributed by atoms with van der Waals surface area (Å²) in [5.41, 5.74) is 0.601. The van der Waals surface area contributed by atoms with Gasteiger partial charge in [0.05, 0.1) is 0 Å². The molecule has 0 N–H and O–H groups in total. The van der Waals surface area contributed by atoms with Crippen LogP contribution in [-0.2, 0) is 0 Å². The average Bonchev–Trinajstić information content (AvgIpc) is 2.38. The zero-order valence-electron chi connectivity index (χ0n) is 8.52. The molecule has 0 aromatic carbocycles. The van der Waals surface area contributed by atoms with E-state index in [0.717, 1.165) is 12.0 Å². The zero-order chi connectivity index (χ0) is 8.65. The molecule has 66 valence electrons. The third kappa shape index (κ3) is 2.19. The fourth-order valence-electron chi connectivity index (χ4n) is 1.90. The van der Waals surface area contributed by atoms with E-state index < -0.39 is 0 Å². The molecule has 1 atom stereocenters.